The monoisotopic (exact) mass is 289 g/mol. The Balaban J connectivity index is 3.04. The van der Waals surface area contributed by atoms with Gasteiger partial charge in [0.25, 0.3) is 0 Å². The molecule has 5 N–H and O–H groups in total. The van der Waals surface area contributed by atoms with E-state index in [0.717, 1.165) is 0 Å². The minimum atomic E-state index is -3.83. The van der Waals surface area contributed by atoms with Gasteiger partial charge in [-0.1, -0.05) is 0 Å². The van der Waals surface area contributed by atoms with Gasteiger partial charge < -0.3 is 11.5 Å². The molecule has 1 heterocycles. The molecule has 0 unspecified atom stereocenters. The molecule has 0 atom stereocenters. The number of carbonyl (C=O) groups excluding carboxylic acids is 1. The van der Waals surface area contributed by atoms with E-state index in [1.54, 1.807) is 27.8 Å². The second-order valence-corrected chi connectivity index (χ2v) is 6.70. The lowest BCUT2D eigenvalue weighted by atomic mass is 9.93. The van der Waals surface area contributed by atoms with Crippen LogP contribution < -0.4 is 16.2 Å². The molecule has 108 valence electrons. The average Bonchev–Trinajstić information content (AvgIpc) is 2.51. The Kier molecular flexibility index (Phi) is 3.92. The highest BCUT2D eigenvalue weighted by Gasteiger charge is 2.30. The van der Waals surface area contributed by atoms with Gasteiger partial charge in [-0.2, -0.15) is 5.10 Å². The zero-order chi connectivity index (χ0) is 15.0. The second-order valence-electron chi connectivity index (χ2n) is 5.00. The molecule has 0 aliphatic heterocycles. The molecule has 0 aliphatic rings. The van der Waals surface area contributed by atoms with Crippen LogP contribution in [0.2, 0.25) is 0 Å². The minimum Gasteiger partial charge on any atom is -0.381 e. The van der Waals surface area contributed by atoms with Gasteiger partial charge in [-0.15, -0.1) is 0 Å². The number of carbonyl (C=O) groups is 1. The summed E-state index contributed by atoms with van der Waals surface area (Å²) in [5, 5.41) is 3.84. The quantitative estimate of drug-likeness (QED) is 0.646. The molecule has 1 rings (SSSR count). The summed E-state index contributed by atoms with van der Waals surface area (Å²) in [6.45, 7) is 4.59. The van der Waals surface area contributed by atoms with E-state index in [-0.39, 0.29) is 17.3 Å². The number of sulfonamides is 1. The maximum atomic E-state index is 12.2. The fraction of sp³-hybridized carbons (Fsp3) is 0.600. The number of aromatic nitrogens is 2. The molecule has 0 spiro atoms. The van der Waals surface area contributed by atoms with Crippen molar-refractivity contribution in [1.29, 1.82) is 0 Å². The van der Waals surface area contributed by atoms with Gasteiger partial charge in [-0.05, 0) is 20.8 Å². The fourth-order valence-electron chi connectivity index (χ4n) is 1.38. The number of aryl methyl sites for hydroxylation is 1. The number of nitrogens with zero attached hydrogens (tertiary/aromatic N) is 2. The molecule has 1 aromatic rings. The van der Waals surface area contributed by atoms with Gasteiger partial charge in [0.15, 0.2) is 5.82 Å². The summed E-state index contributed by atoms with van der Waals surface area (Å²) in [7, 11) is -2.24. The van der Waals surface area contributed by atoms with Crippen LogP contribution in [0.15, 0.2) is 4.90 Å². The average molecular weight is 289 g/mol. The summed E-state index contributed by atoms with van der Waals surface area (Å²) in [4.78, 5) is 11.1. The zero-order valence-corrected chi connectivity index (χ0v) is 12.2. The van der Waals surface area contributed by atoms with Crippen LogP contribution in [0.25, 0.3) is 0 Å². The molecule has 0 radical (unpaired) electrons. The summed E-state index contributed by atoms with van der Waals surface area (Å²) in [6, 6.07) is 0. The summed E-state index contributed by atoms with van der Waals surface area (Å²) in [6.07, 6.45) is 0. The number of rotatable bonds is 5. The van der Waals surface area contributed by atoms with E-state index in [2.05, 4.69) is 9.82 Å². The summed E-state index contributed by atoms with van der Waals surface area (Å²) >= 11 is 0. The van der Waals surface area contributed by atoms with Crippen molar-refractivity contribution < 1.29 is 13.2 Å². The van der Waals surface area contributed by atoms with E-state index in [4.69, 9.17) is 11.5 Å². The predicted octanol–water partition coefficient (Wildman–Crippen LogP) is -0.899. The van der Waals surface area contributed by atoms with Crippen molar-refractivity contribution in [3.8, 4) is 0 Å². The van der Waals surface area contributed by atoms with Gasteiger partial charge in [-0.25, -0.2) is 13.1 Å². The summed E-state index contributed by atoms with van der Waals surface area (Å²) < 4.78 is 28.0. The zero-order valence-electron chi connectivity index (χ0n) is 11.4. The van der Waals surface area contributed by atoms with Gasteiger partial charge in [0.1, 0.15) is 4.90 Å². The number of nitrogens with two attached hydrogens (primary N) is 2. The van der Waals surface area contributed by atoms with E-state index in [9.17, 15) is 13.2 Å². The molecule has 0 saturated carbocycles. The topological polar surface area (TPSA) is 133 Å². The Labute approximate surface area is 112 Å². The molecule has 1 amide bonds. The van der Waals surface area contributed by atoms with Crippen molar-refractivity contribution >= 4 is 21.7 Å². The molecule has 0 fully saturated rings. The van der Waals surface area contributed by atoms with Crippen LogP contribution in [-0.4, -0.2) is 30.7 Å². The summed E-state index contributed by atoms with van der Waals surface area (Å²) in [5.41, 5.74) is 10.2. The molecular formula is C10H19N5O3S. The van der Waals surface area contributed by atoms with Crippen molar-refractivity contribution in [2.75, 3.05) is 12.3 Å². The van der Waals surface area contributed by atoms with Crippen LogP contribution in [-0.2, 0) is 21.9 Å². The molecule has 0 aliphatic carbocycles. The van der Waals surface area contributed by atoms with Crippen molar-refractivity contribution in [3.63, 3.8) is 0 Å². The molecular weight excluding hydrogens is 270 g/mol. The van der Waals surface area contributed by atoms with Gasteiger partial charge in [0.05, 0.1) is 11.1 Å². The molecule has 0 aromatic carbocycles. The van der Waals surface area contributed by atoms with Crippen molar-refractivity contribution in [2.24, 2.45) is 18.2 Å². The Morgan fingerprint density at radius 2 is 2.00 bits per heavy atom. The van der Waals surface area contributed by atoms with Gasteiger partial charge in [-0.3, -0.25) is 9.48 Å². The van der Waals surface area contributed by atoms with E-state index >= 15 is 0 Å². The van der Waals surface area contributed by atoms with Crippen LogP contribution in [0.3, 0.4) is 0 Å². The normalized spacial score (nSPS) is 12.6. The number of primary amides is 1. The first-order valence-electron chi connectivity index (χ1n) is 5.57. The van der Waals surface area contributed by atoms with Crippen LogP contribution in [0.5, 0.6) is 0 Å². The first-order chi connectivity index (χ1) is 8.49. The van der Waals surface area contributed by atoms with Crippen LogP contribution in [0, 0.1) is 12.3 Å². The Morgan fingerprint density at radius 3 is 2.37 bits per heavy atom. The lowest BCUT2D eigenvalue weighted by Crippen LogP contribution is -2.42. The largest absolute Gasteiger partial charge is 0.381 e. The number of nitrogens with one attached hydrogen (secondary N) is 1. The van der Waals surface area contributed by atoms with E-state index in [0.29, 0.717) is 5.69 Å². The number of hydrogen-bond acceptors (Lipinski definition) is 5. The third-order valence-electron chi connectivity index (χ3n) is 2.94. The van der Waals surface area contributed by atoms with E-state index in [1.807, 2.05) is 0 Å². The van der Waals surface area contributed by atoms with Crippen molar-refractivity contribution in [3.05, 3.63) is 5.69 Å². The van der Waals surface area contributed by atoms with Crippen molar-refractivity contribution in [1.82, 2.24) is 14.5 Å². The Bertz CT molecular complexity index is 603. The number of amides is 1. The van der Waals surface area contributed by atoms with Crippen LogP contribution in [0.4, 0.5) is 5.82 Å². The van der Waals surface area contributed by atoms with Gasteiger partial charge in [0, 0.05) is 13.6 Å². The highest BCUT2D eigenvalue weighted by atomic mass is 32.2. The highest BCUT2D eigenvalue weighted by molar-refractivity contribution is 7.89. The van der Waals surface area contributed by atoms with Crippen LogP contribution >= 0.6 is 0 Å². The maximum Gasteiger partial charge on any atom is 0.246 e. The lowest BCUT2D eigenvalue weighted by Gasteiger charge is -2.20. The molecule has 0 saturated heterocycles. The lowest BCUT2D eigenvalue weighted by molar-refractivity contribution is -0.125. The molecule has 19 heavy (non-hydrogen) atoms. The van der Waals surface area contributed by atoms with Gasteiger partial charge in [0.2, 0.25) is 15.9 Å². The van der Waals surface area contributed by atoms with Gasteiger partial charge >= 0.3 is 0 Å². The first kappa shape index (κ1) is 15.4. The SMILES string of the molecule is Cc1c(S(=O)(=O)NCC(C)(C)C(N)=O)c(N)nn1C. The third kappa shape index (κ3) is 3.04. The van der Waals surface area contributed by atoms with E-state index in [1.165, 1.54) is 4.68 Å². The number of hydrogen-bond donors (Lipinski definition) is 3. The highest BCUT2D eigenvalue weighted by Crippen LogP contribution is 2.22. The first-order valence-corrected chi connectivity index (χ1v) is 7.06. The Hall–Kier alpha value is -1.61. The minimum absolute atomic E-state index is 0.0738. The second kappa shape index (κ2) is 4.82. The summed E-state index contributed by atoms with van der Waals surface area (Å²) in [5.74, 6) is -0.671. The number of nitrogen functional groups attached to an aromatic ring is 1. The van der Waals surface area contributed by atoms with Crippen molar-refractivity contribution in [2.45, 2.75) is 25.7 Å². The Morgan fingerprint density at radius 1 is 1.47 bits per heavy atom. The fourth-order valence-corrected chi connectivity index (χ4v) is 2.91. The molecule has 9 heteroatoms. The standard InChI is InChI=1S/C10H19N5O3S/c1-6-7(8(11)14-15(6)4)19(17,18)13-5-10(2,3)9(12)16/h13H,5H2,1-4H3,(H2,11,14)(H2,12,16). The predicted molar refractivity (Wildman–Crippen MR) is 70.5 cm³/mol. The maximum absolute atomic E-state index is 12.2. The smallest absolute Gasteiger partial charge is 0.246 e. The van der Waals surface area contributed by atoms with E-state index < -0.39 is 21.3 Å². The molecule has 0 bridgehead atoms. The molecule has 1 aromatic heterocycles. The van der Waals surface area contributed by atoms with Crippen LogP contribution in [0.1, 0.15) is 19.5 Å². The molecule has 8 nitrogen and oxygen atoms in total. The third-order valence-corrected chi connectivity index (χ3v) is 4.51. The number of anilines is 1.